The summed E-state index contributed by atoms with van der Waals surface area (Å²) in [6, 6.07) is 9.61. The molecule has 0 aromatic heterocycles. The highest BCUT2D eigenvalue weighted by molar-refractivity contribution is 6.83. The van der Waals surface area contributed by atoms with Gasteiger partial charge in [-0.05, 0) is 46.6 Å². The number of hydrogen-bond donors (Lipinski definition) is 0. The van der Waals surface area contributed by atoms with E-state index in [1.807, 2.05) is 30.3 Å². The number of carbonyl (C=O) groups excluding carboxylic acids is 1. The Morgan fingerprint density at radius 2 is 1.51 bits per heavy atom. The van der Waals surface area contributed by atoms with Gasteiger partial charge in [-0.3, -0.25) is 4.79 Å². The lowest BCUT2D eigenvalue weighted by molar-refractivity contribution is -0.114. The summed E-state index contributed by atoms with van der Waals surface area (Å²) in [7, 11) is -5.18. The van der Waals surface area contributed by atoms with E-state index in [1.54, 1.807) is 0 Å². The molecule has 3 atom stereocenters. The first-order chi connectivity index (χ1) is 16.5. The quantitative estimate of drug-likeness (QED) is 0.306. The molecule has 0 bridgehead atoms. The average Bonchev–Trinajstić information content (AvgIpc) is 3.17. The topological polar surface area (TPSA) is 54.0 Å². The van der Waals surface area contributed by atoms with Crippen LogP contribution in [0.1, 0.15) is 80.2 Å². The van der Waals surface area contributed by atoms with E-state index in [1.165, 1.54) is 0 Å². The molecule has 35 heavy (non-hydrogen) atoms. The summed E-state index contributed by atoms with van der Waals surface area (Å²) in [6.45, 7) is 18.3. The SMILES string of the molecule is CC(C)[Si]1(C(C)C)OC[C@H]2O[C@@H](CCC(=O)C#Cc3ccccc3)C[C@@H]2O[Si](C(C)C)(C(C)C)O1. The van der Waals surface area contributed by atoms with Gasteiger partial charge in [0.2, 0.25) is 5.78 Å². The van der Waals surface area contributed by atoms with Crippen LogP contribution in [0.15, 0.2) is 30.3 Å². The van der Waals surface area contributed by atoms with Gasteiger partial charge >= 0.3 is 17.1 Å². The highest BCUT2D eigenvalue weighted by Gasteiger charge is 2.59. The average molecular weight is 517 g/mol. The minimum Gasteiger partial charge on any atom is -0.414 e. The molecule has 1 aromatic rings. The number of benzene rings is 1. The molecular formula is C28H44O5Si2. The van der Waals surface area contributed by atoms with Gasteiger partial charge in [-0.25, -0.2) is 0 Å². The van der Waals surface area contributed by atoms with Gasteiger partial charge in [0.1, 0.15) is 6.10 Å². The minimum atomic E-state index is -2.62. The third kappa shape index (κ3) is 6.35. The first kappa shape index (κ1) is 28.3. The largest absolute Gasteiger partial charge is 0.414 e. The summed E-state index contributed by atoms with van der Waals surface area (Å²) in [4.78, 5) is 12.4. The van der Waals surface area contributed by atoms with Crippen LogP contribution in [0.25, 0.3) is 0 Å². The minimum absolute atomic E-state index is 0.0330. The molecule has 0 radical (unpaired) electrons. The van der Waals surface area contributed by atoms with Crippen LogP contribution in [0.5, 0.6) is 0 Å². The van der Waals surface area contributed by atoms with Gasteiger partial charge in [0.15, 0.2) is 0 Å². The van der Waals surface area contributed by atoms with Crippen LogP contribution in [0.4, 0.5) is 0 Å². The van der Waals surface area contributed by atoms with Crippen molar-refractivity contribution in [3.63, 3.8) is 0 Å². The van der Waals surface area contributed by atoms with Crippen molar-refractivity contribution in [1.82, 2.24) is 0 Å². The van der Waals surface area contributed by atoms with E-state index >= 15 is 0 Å². The molecule has 194 valence electrons. The van der Waals surface area contributed by atoms with Crippen molar-refractivity contribution in [1.29, 1.82) is 0 Å². The van der Waals surface area contributed by atoms with Crippen molar-refractivity contribution in [2.75, 3.05) is 6.61 Å². The first-order valence-corrected chi connectivity index (χ1v) is 17.2. The second kappa shape index (κ2) is 11.8. The van der Waals surface area contributed by atoms with Crippen LogP contribution in [0, 0.1) is 11.8 Å². The maximum absolute atomic E-state index is 12.4. The molecule has 1 aromatic carbocycles. The van der Waals surface area contributed by atoms with E-state index in [9.17, 15) is 4.79 Å². The maximum atomic E-state index is 12.4. The molecule has 5 nitrogen and oxygen atoms in total. The fourth-order valence-corrected chi connectivity index (χ4v) is 16.7. The van der Waals surface area contributed by atoms with E-state index < -0.39 is 17.1 Å². The van der Waals surface area contributed by atoms with Crippen LogP contribution in [-0.4, -0.2) is 47.8 Å². The number of ether oxygens (including phenoxy) is 1. The van der Waals surface area contributed by atoms with Crippen LogP contribution < -0.4 is 0 Å². The summed E-state index contributed by atoms with van der Waals surface area (Å²) in [5.74, 6) is 5.68. The smallest absolute Gasteiger partial charge is 0.335 e. The summed E-state index contributed by atoms with van der Waals surface area (Å²) >= 11 is 0. The number of ketones is 1. The van der Waals surface area contributed by atoms with E-state index in [-0.39, 0.29) is 24.1 Å². The predicted octanol–water partition coefficient (Wildman–Crippen LogP) is 6.50. The van der Waals surface area contributed by atoms with Gasteiger partial charge in [0.05, 0.1) is 18.8 Å². The Hall–Kier alpha value is -1.28. The fourth-order valence-electron chi connectivity index (χ4n) is 5.44. The van der Waals surface area contributed by atoms with Gasteiger partial charge in [-0.1, -0.05) is 79.5 Å². The monoisotopic (exact) mass is 516 g/mol. The molecule has 0 spiro atoms. The van der Waals surface area contributed by atoms with Gasteiger partial charge in [-0.2, -0.15) is 0 Å². The molecule has 0 saturated carbocycles. The molecule has 0 amide bonds. The molecule has 2 heterocycles. The van der Waals surface area contributed by atoms with Gasteiger partial charge in [-0.15, -0.1) is 0 Å². The van der Waals surface area contributed by atoms with Crippen LogP contribution in [0.3, 0.4) is 0 Å². The van der Waals surface area contributed by atoms with Crippen LogP contribution >= 0.6 is 0 Å². The normalized spacial score (nSPS) is 25.8. The van der Waals surface area contributed by atoms with E-state index in [0.29, 0.717) is 41.6 Å². The zero-order chi connectivity index (χ0) is 25.8. The zero-order valence-electron chi connectivity index (χ0n) is 22.8. The summed E-state index contributed by atoms with van der Waals surface area (Å²) in [5.41, 5.74) is 2.06. The molecule has 7 heteroatoms. The number of fused-ring (bicyclic) bond motifs is 1. The Labute approximate surface area is 214 Å². The molecule has 2 saturated heterocycles. The summed E-state index contributed by atoms with van der Waals surface area (Å²) in [5, 5.41) is 0. The highest BCUT2D eigenvalue weighted by atomic mass is 28.5. The van der Waals surface area contributed by atoms with Crippen molar-refractivity contribution in [3.8, 4) is 11.8 Å². The standard InChI is InChI=1S/C28H44O5Si2/c1-20(2)34(21(3)4)30-19-28-27(32-35(33-34,22(5)6)23(7)8)18-26(31-28)17-16-25(29)15-14-24-12-10-9-11-13-24/h9-13,20-23,26-28H,16-19H2,1-8H3/t26-,27-,28+/m0/s1. The lowest BCUT2D eigenvalue weighted by atomic mass is 10.1. The molecular weight excluding hydrogens is 472 g/mol. The van der Waals surface area contributed by atoms with Crippen molar-refractivity contribution in [3.05, 3.63) is 35.9 Å². The molecule has 2 aliphatic heterocycles. The Morgan fingerprint density at radius 3 is 2.09 bits per heavy atom. The summed E-state index contributed by atoms with van der Waals surface area (Å²) in [6.07, 6.45) is 1.58. The van der Waals surface area contributed by atoms with Gasteiger partial charge < -0.3 is 17.7 Å². The second-order valence-corrected chi connectivity index (χ2v) is 20.1. The third-order valence-corrected chi connectivity index (χ3v) is 17.7. The van der Waals surface area contributed by atoms with Gasteiger partial charge in [0.25, 0.3) is 0 Å². The molecule has 0 aliphatic carbocycles. The van der Waals surface area contributed by atoms with Crippen molar-refractivity contribution in [2.24, 2.45) is 0 Å². The third-order valence-electron chi connectivity index (χ3n) is 7.44. The number of carbonyl (C=O) groups is 1. The number of rotatable bonds is 7. The Kier molecular flexibility index (Phi) is 9.58. The lowest BCUT2D eigenvalue weighted by Crippen LogP contribution is -2.65. The highest BCUT2D eigenvalue weighted by Crippen LogP contribution is 2.47. The fraction of sp³-hybridized carbons (Fsp3) is 0.679. The van der Waals surface area contributed by atoms with Crippen molar-refractivity contribution < 1.29 is 22.5 Å². The molecule has 0 unspecified atom stereocenters. The zero-order valence-corrected chi connectivity index (χ0v) is 24.8. The number of Topliss-reactive ketones (excluding diaryl/α,β-unsaturated/α-hetero) is 1. The van der Waals surface area contributed by atoms with E-state index in [2.05, 4.69) is 67.2 Å². The predicted molar refractivity (Wildman–Crippen MR) is 145 cm³/mol. The Bertz CT molecular complexity index is 887. The summed E-state index contributed by atoms with van der Waals surface area (Å²) < 4.78 is 27.5. The van der Waals surface area contributed by atoms with E-state index in [4.69, 9.17) is 17.7 Å². The molecule has 2 fully saturated rings. The Morgan fingerprint density at radius 1 is 0.914 bits per heavy atom. The second-order valence-electron chi connectivity index (χ2n) is 11.2. The molecule has 0 N–H and O–H groups in total. The van der Waals surface area contributed by atoms with Crippen molar-refractivity contribution >= 4 is 22.9 Å². The molecule has 3 rings (SSSR count). The van der Waals surface area contributed by atoms with Crippen molar-refractivity contribution in [2.45, 2.75) is 115 Å². The maximum Gasteiger partial charge on any atom is 0.335 e. The van der Waals surface area contributed by atoms with Crippen LogP contribution in [-0.2, 0) is 22.5 Å². The molecule has 2 aliphatic rings. The number of hydrogen-bond acceptors (Lipinski definition) is 5. The first-order valence-electron chi connectivity index (χ1n) is 13.3. The van der Waals surface area contributed by atoms with Crippen LogP contribution in [0.2, 0.25) is 22.2 Å². The lowest BCUT2D eigenvalue weighted by Gasteiger charge is -2.51. The van der Waals surface area contributed by atoms with E-state index in [0.717, 1.165) is 12.0 Å². The Balaban J connectivity index is 1.75. The van der Waals surface area contributed by atoms with Gasteiger partial charge in [0, 0.05) is 18.4 Å².